The van der Waals surface area contributed by atoms with Crippen molar-refractivity contribution in [2.24, 2.45) is 0 Å². The molecule has 30 heavy (non-hydrogen) atoms. The highest BCUT2D eigenvalue weighted by Crippen LogP contribution is 2.43. The molecule has 0 N–H and O–H groups in total. The van der Waals surface area contributed by atoms with Crippen LogP contribution in [0.25, 0.3) is 10.6 Å². The molecule has 5 rings (SSSR count). The van der Waals surface area contributed by atoms with Crippen molar-refractivity contribution in [2.45, 2.75) is 18.8 Å². The number of epoxide rings is 1. The molecule has 1 aliphatic rings. The molecule has 0 radical (unpaired) electrons. The first-order valence-corrected chi connectivity index (χ1v) is 10.6. The first kappa shape index (κ1) is 18.7. The molecule has 0 amide bonds. The Labute approximate surface area is 178 Å². The molecule has 0 saturated carbocycles. The number of rotatable bonds is 7. The normalized spacial score (nSPS) is 17.5. The number of ketones is 1. The molecule has 148 valence electrons. The van der Waals surface area contributed by atoms with E-state index in [4.69, 9.17) is 9.47 Å². The number of thiazole rings is 1. The minimum atomic E-state index is -0.516. The molecule has 1 saturated heterocycles. The number of hydrogen-bond acceptors (Lipinski definition) is 5. The first-order chi connectivity index (χ1) is 14.8. The molecule has 2 unspecified atom stereocenters. The van der Waals surface area contributed by atoms with Gasteiger partial charge in [0.25, 0.3) is 0 Å². The Morgan fingerprint density at radius 1 is 0.933 bits per heavy atom. The molecule has 1 aromatic heterocycles. The van der Waals surface area contributed by atoms with Crippen molar-refractivity contribution in [1.29, 1.82) is 0 Å². The number of ether oxygens (including phenoxy) is 2. The first-order valence-electron chi connectivity index (χ1n) is 9.76. The van der Waals surface area contributed by atoms with Crippen molar-refractivity contribution in [1.82, 2.24) is 4.98 Å². The standard InChI is InChI=1S/C25H19NO3S/c27-22(19-13-7-8-14-21(19)28-15-17-9-3-1-4-10-17)24-23(29-24)20-16-30-25(26-20)18-11-5-2-6-12-18/h1-14,16,23-24H,15H2. The van der Waals surface area contributed by atoms with E-state index in [0.29, 0.717) is 17.9 Å². The Bertz CT molecular complexity index is 1160. The summed E-state index contributed by atoms with van der Waals surface area (Å²) in [5.41, 5.74) is 3.47. The number of hydrogen-bond donors (Lipinski definition) is 0. The number of para-hydroxylation sites is 1. The fourth-order valence-electron chi connectivity index (χ4n) is 3.35. The second-order valence-electron chi connectivity index (χ2n) is 7.06. The van der Waals surface area contributed by atoms with E-state index in [9.17, 15) is 4.79 Å². The van der Waals surface area contributed by atoms with Gasteiger partial charge in [-0.1, -0.05) is 72.8 Å². The Kier molecular flexibility index (Phi) is 5.13. The Balaban J connectivity index is 1.29. The van der Waals surface area contributed by atoms with Crippen LogP contribution in [-0.2, 0) is 11.3 Å². The lowest BCUT2D eigenvalue weighted by Crippen LogP contribution is -2.11. The maximum atomic E-state index is 13.1. The Morgan fingerprint density at radius 3 is 2.43 bits per heavy atom. The van der Waals surface area contributed by atoms with Crippen LogP contribution < -0.4 is 4.74 Å². The zero-order valence-electron chi connectivity index (χ0n) is 16.1. The molecule has 2 heterocycles. The van der Waals surface area contributed by atoms with Crippen molar-refractivity contribution >= 4 is 17.1 Å². The van der Waals surface area contributed by atoms with E-state index in [2.05, 4.69) is 4.98 Å². The third-order valence-electron chi connectivity index (χ3n) is 4.97. The highest BCUT2D eigenvalue weighted by atomic mass is 32.1. The van der Waals surface area contributed by atoms with Crippen LogP contribution in [0.15, 0.2) is 90.3 Å². The highest BCUT2D eigenvalue weighted by molar-refractivity contribution is 7.13. The molecule has 1 fully saturated rings. The molecule has 1 aliphatic heterocycles. The third-order valence-corrected chi connectivity index (χ3v) is 5.88. The van der Waals surface area contributed by atoms with Gasteiger partial charge in [-0.15, -0.1) is 11.3 Å². The monoisotopic (exact) mass is 413 g/mol. The van der Waals surface area contributed by atoms with Crippen molar-refractivity contribution < 1.29 is 14.3 Å². The lowest BCUT2D eigenvalue weighted by atomic mass is 10.0. The van der Waals surface area contributed by atoms with Gasteiger partial charge in [-0.05, 0) is 17.7 Å². The average Bonchev–Trinajstić information content (AvgIpc) is 3.46. The number of aromatic nitrogens is 1. The quantitative estimate of drug-likeness (QED) is 0.288. The maximum absolute atomic E-state index is 13.1. The highest BCUT2D eigenvalue weighted by Gasteiger charge is 2.48. The fraction of sp³-hybridized carbons (Fsp3) is 0.120. The number of carbonyl (C=O) groups is 1. The SMILES string of the molecule is O=C(c1ccccc1OCc1ccccc1)C1OC1c1csc(-c2ccccc2)n1. The van der Waals surface area contributed by atoms with Crippen LogP contribution in [0.5, 0.6) is 5.75 Å². The van der Waals surface area contributed by atoms with E-state index >= 15 is 0 Å². The van der Waals surface area contributed by atoms with Crippen molar-refractivity contribution in [2.75, 3.05) is 0 Å². The predicted octanol–water partition coefficient (Wildman–Crippen LogP) is 5.71. The number of Topliss-reactive ketones (excluding diaryl/α,β-unsaturated/α-hetero) is 1. The van der Waals surface area contributed by atoms with Crippen LogP contribution in [-0.4, -0.2) is 16.9 Å². The lowest BCUT2D eigenvalue weighted by Gasteiger charge is -2.10. The van der Waals surface area contributed by atoms with Gasteiger partial charge in [-0.2, -0.15) is 0 Å². The van der Waals surface area contributed by atoms with Gasteiger partial charge in [0, 0.05) is 10.9 Å². The molecule has 4 nitrogen and oxygen atoms in total. The fourth-order valence-corrected chi connectivity index (χ4v) is 4.20. The minimum Gasteiger partial charge on any atom is -0.488 e. The summed E-state index contributed by atoms with van der Waals surface area (Å²) in [6, 6.07) is 27.2. The average molecular weight is 413 g/mol. The maximum Gasteiger partial charge on any atom is 0.198 e. The third kappa shape index (κ3) is 3.90. The van der Waals surface area contributed by atoms with Gasteiger partial charge in [0.15, 0.2) is 11.9 Å². The van der Waals surface area contributed by atoms with Gasteiger partial charge in [0.2, 0.25) is 0 Å². The molecule has 0 spiro atoms. The topological polar surface area (TPSA) is 51.7 Å². The van der Waals surface area contributed by atoms with E-state index in [-0.39, 0.29) is 11.9 Å². The van der Waals surface area contributed by atoms with Gasteiger partial charge < -0.3 is 9.47 Å². The predicted molar refractivity (Wildman–Crippen MR) is 117 cm³/mol. The van der Waals surface area contributed by atoms with Crippen molar-refractivity contribution in [3.8, 4) is 16.3 Å². The Morgan fingerprint density at radius 2 is 1.63 bits per heavy atom. The molecule has 4 aromatic rings. The van der Waals surface area contributed by atoms with Crippen LogP contribution in [0.2, 0.25) is 0 Å². The summed E-state index contributed by atoms with van der Waals surface area (Å²) in [5.74, 6) is 0.502. The van der Waals surface area contributed by atoms with Crippen molar-refractivity contribution in [3.05, 3.63) is 107 Å². The molecule has 5 heteroatoms. The van der Waals surface area contributed by atoms with Gasteiger partial charge in [0.05, 0.1) is 11.3 Å². The van der Waals surface area contributed by atoms with E-state index in [0.717, 1.165) is 21.8 Å². The summed E-state index contributed by atoms with van der Waals surface area (Å²) in [6.45, 7) is 0.409. The Hall–Kier alpha value is -3.28. The second kappa shape index (κ2) is 8.22. The largest absolute Gasteiger partial charge is 0.488 e. The molecule has 3 aromatic carbocycles. The number of benzene rings is 3. The molecule has 2 atom stereocenters. The summed E-state index contributed by atoms with van der Waals surface area (Å²) in [7, 11) is 0. The van der Waals surface area contributed by atoms with Crippen molar-refractivity contribution in [3.63, 3.8) is 0 Å². The summed E-state index contributed by atoms with van der Waals surface area (Å²) in [4.78, 5) is 17.7. The van der Waals surface area contributed by atoms with Gasteiger partial charge in [-0.3, -0.25) is 4.79 Å². The second-order valence-corrected chi connectivity index (χ2v) is 7.91. The van der Waals surface area contributed by atoms with E-state index < -0.39 is 6.10 Å². The molecular weight excluding hydrogens is 394 g/mol. The smallest absolute Gasteiger partial charge is 0.198 e. The lowest BCUT2D eigenvalue weighted by molar-refractivity contribution is 0.0949. The van der Waals surface area contributed by atoms with Gasteiger partial charge >= 0.3 is 0 Å². The summed E-state index contributed by atoms with van der Waals surface area (Å²) in [5, 5.41) is 2.90. The molecular formula is C25H19NO3S. The van der Waals surface area contributed by atoms with E-state index in [1.807, 2.05) is 84.2 Å². The minimum absolute atomic E-state index is 0.0714. The van der Waals surface area contributed by atoms with Gasteiger partial charge in [0.1, 0.15) is 23.5 Å². The van der Waals surface area contributed by atoms with Crippen LogP contribution in [0, 0.1) is 0 Å². The number of nitrogens with zero attached hydrogens (tertiary/aromatic N) is 1. The number of carbonyl (C=O) groups excluding carboxylic acids is 1. The zero-order chi connectivity index (χ0) is 20.3. The summed E-state index contributed by atoms with van der Waals surface area (Å²) >= 11 is 1.56. The van der Waals surface area contributed by atoms with Crippen LogP contribution in [0.1, 0.15) is 27.7 Å². The van der Waals surface area contributed by atoms with Gasteiger partial charge in [-0.25, -0.2) is 4.98 Å². The van der Waals surface area contributed by atoms with Crippen LogP contribution in [0.4, 0.5) is 0 Å². The van der Waals surface area contributed by atoms with E-state index in [1.54, 1.807) is 17.4 Å². The molecule has 0 aliphatic carbocycles. The zero-order valence-corrected chi connectivity index (χ0v) is 16.9. The van der Waals surface area contributed by atoms with Crippen LogP contribution in [0.3, 0.4) is 0 Å². The molecule has 0 bridgehead atoms. The summed E-state index contributed by atoms with van der Waals surface area (Å²) in [6.07, 6.45) is -0.814. The van der Waals surface area contributed by atoms with Crippen LogP contribution >= 0.6 is 11.3 Å². The van der Waals surface area contributed by atoms with E-state index in [1.165, 1.54) is 0 Å². The summed E-state index contributed by atoms with van der Waals surface area (Å²) < 4.78 is 11.7.